The predicted molar refractivity (Wildman–Crippen MR) is 122 cm³/mol. The number of thiophene rings is 1. The summed E-state index contributed by atoms with van der Waals surface area (Å²) in [5, 5.41) is 2.16. The highest BCUT2D eigenvalue weighted by molar-refractivity contribution is 7.10. The molecular formula is C24H31N3O3S. The summed E-state index contributed by atoms with van der Waals surface area (Å²) >= 11 is 1.81. The zero-order chi connectivity index (χ0) is 22.0. The first-order chi connectivity index (χ1) is 15.0. The fraction of sp³-hybridized carbons (Fsp3) is 0.500. The number of methoxy groups -OCH3 is 1. The number of carbonyl (C=O) groups excluding carboxylic acids is 2. The summed E-state index contributed by atoms with van der Waals surface area (Å²) in [6.45, 7) is 7.16. The Morgan fingerprint density at radius 2 is 1.87 bits per heavy atom. The third kappa shape index (κ3) is 4.68. The van der Waals surface area contributed by atoms with E-state index in [-0.39, 0.29) is 30.5 Å². The average Bonchev–Trinajstić information content (AvgIpc) is 3.23. The summed E-state index contributed by atoms with van der Waals surface area (Å²) in [4.78, 5) is 32.9. The molecule has 0 saturated carbocycles. The number of piperazine rings is 1. The number of amides is 2. The molecule has 7 heteroatoms. The van der Waals surface area contributed by atoms with Crippen LogP contribution in [0.3, 0.4) is 0 Å². The third-order valence-corrected chi connectivity index (χ3v) is 7.36. The molecule has 0 N–H and O–H groups in total. The summed E-state index contributed by atoms with van der Waals surface area (Å²) in [7, 11) is 1.53. The second-order valence-corrected chi connectivity index (χ2v) is 9.54. The van der Waals surface area contributed by atoms with Gasteiger partial charge in [-0.2, -0.15) is 0 Å². The van der Waals surface area contributed by atoms with E-state index in [0.717, 1.165) is 13.0 Å². The van der Waals surface area contributed by atoms with Crippen LogP contribution < -0.4 is 0 Å². The number of fused-ring (bicyclic) bond motifs is 1. The molecule has 31 heavy (non-hydrogen) atoms. The highest BCUT2D eigenvalue weighted by Crippen LogP contribution is 2.37. The molecule has 1 saturated heterocycles. The van der Waals surface area contributed by atoms with Gasteiger partial charge in [-0.05, 0) is 42.8 Å². The average molecular weight is 442 g/mol. The first kappa shape index (κ1) is 22.0. The Balaban J connectivity index is 1.47. The summed E-state index contributed by atoms with van der Waals surface area (Å²) in [6, 6.07) is 11.0. The fourth-order valence-electron chi connectivity index (χ4n) is 4.71. The molecule has 2 amide bonds. The molecule has 0 spiro atoms. The Morgan fingerprint density at radius 3 is 2.58 bits per heavy atom. The SMILES string of the molecule is COCC(=O)N1CCN(C(=O)CN2CCc3sccc3C2c2ccc(C)cc2)CC1C. The topological polar surface area (TPSA) is 53.1 Å². The van der Waals surface area contributed by atoms with Gasteiger partial charge in [0, 0.05) is 44.2 Å². The number of carbonyl (C=O) groups is 2. The van der Waals surface area contributed by atoms with E-state index in [1.165, 1.54) is 28.7 Å². The van der Waals surface area contributed by atoms with E-state index in [2.05, 4.69) is 47.5 Å². The van der Waals surface area contributed by atoms with Crippen molar-refractivity contribution in [2.45, 2.75) is 32.4 Å². The smallest absolute Gasteiger partial charge is 0.248 e. The zero-order valence-electron chi connectivity index (χ0n) is 18.5. The normalized spacial score (nSPS) is 21.8. The van der Waals surface area contributed by atoms with E-state index in [1.54, 1.807) is 0 Å². The van der Waals surface area contributed by atoms with Crippen LogP contribution in [-0.2, 0) is 20.7 Å². The molecule has 2 unspecified atom stereocenters. The lowest BCUT2D eigenvalue weighted by Gasteiger charge is -2.41. The Bertz CT molecular complexity index is 926. The molecule has 4 rings (SSSR count). The Labute approximate surface area is 188 Å². The molecule has 2 aliphatic rings. The lowest BCUT2D eigenvalue weighted by molar-refractivity contribution is -0.145. The van der Waals surface area contributed by atoms with E-state index >= 15 is 0 Å². The molecule has 0 radical (unpaired) electrons. The van der Waals surface area contributed by atoms with Crippen LogP contribution in [0, 0.1) is 6.92 Å². The van der Waals surface area contributed by atoms with Crippen LogP contribution in [0.4, 0.5) is 0 Å². The van der Waals surface area contributed by atoms with Gasteiger partial charge < -0.3 is 14.5 Å². The number of rotatable bonds is 5. The van der Waals surface area contributed by atoms with Gasteiger partial charge in [0.25, 0.3) is 0 Å². The predicted octanol–water partition coefficient (Wildman–Crippen LogP) is 2.71. The lowest BCUT2D eigenvalue weighted by atomic mass is 9.92. The molecule has 3 heterocycles. The fourth-order valence-corrected chi connectivity index (χ4v) is 5.62. The van der Waals surface area contributed by atoms with Crippen molar-refractivity contribution in [2.75, 3.05) is 46.4 Å². The Kier molecular flexibility index (Phi) is 6.74. The minimum absolute atomic E-state index is 0.00178. The Morgan fingerprint density at radius 1 is 1.10 bits per heavy atom. The number of aryl methyl sites for hydroxylation is 1. The van der Waals surface area contributed by atoms with Gasteiger partial charge >= 0.3 is 0 Å². The van der Waals surface area contributed by atoms with Crippen LogP contribution in [-0.4, -0.2) is 79.0 Å². The largest absolute Gasteiger partial charge is 0.375 e. The molecule has 1 aromatic carbocycles. The molecule has 0 aliphatic carbocycles. The van der Waals surface area contributed by atoms with E-state index in [4.69, 9.17) is 4.74 Å². The van der Waals surface area contributed by atoms with Gasteiger partial charge in [0.2, 0.25) is 11.8 Å². The van der Waals surface area contributed by atoms with Crippen LogP contribution in [0.25, 0.3) is 0 Å². The van der Waals surface area contributed by atoms with Crippen molar-refractivity contribution in [3.63, 3.8) is 0 Å². The summed E-state index contributed by atoms with van der Waals surface area (Å²) in [6.07, 6.45) is 0.984. The molecule has 1 aromatic heterocycles. The van der Waals surface area contributed by atoms with Gasteiger partial charge in [-0.25, -0.2) is 0 Å². The van der Waals surface area contributed by atoms with Crippen LogP contribution in [0.1, 0.15) is 34.5 Å². The van der Waals surface area contributed by atoms with Crippen molar-refractivity contribution in [1.82, 2.24) is 14.7 Å². The maximum Gasteiger partial charge on any atom is 0.248 e. The second kappa shape index (κ2) is 9.51. The molecule has 2 atom stereocenters. The van der Waals surface area contributed by atoms with Crippen molar-refractivity contribution in [3.8, 4) is 0 Å². The second-order valence-electron chi connectivity index (χ2n) is 8.54. The molecule has 2 aliphatic heterocycles. The first-order valence-electron chi connectivity index (χ1n) is 10.9. The highest BCUT2D eigenvalue weighted by atomic mass is 32.1. The quantitative estimate of drug-likeness (QED) is 0.716. The molecule has 2 aromatic rings. The van der Waals surface area contributed by atoms with Crippen LogP contribution >= 0.6 is 11.3 Å². The van der Waals surface area contributed by atoms with Crippen molar-refractivity contribution >= 4 is 23.2 Å². The van der Waals surface area contributed by atoms with Gasteiger partial charge in [0.05, 0.1) is 12.6 Å². The van der Waals surface area contributed by atoms with Gasteiger partial charge in [-0.3, -0.25) is 14.5 Å². The van der Waals surface area contributed by atoms with Gasteiger partial charge in [-0.15, -0.1) is 11.3 Å². The van der Waals surface area contributed by atoms with Gasteiger partial charge in [0.15, 0.2) is 0 Å². The molecule has 1 fully saturated rings. The van der Waals surface area contributed by atoms with E-state index < -0.39 is 0 Å². The maximum absolute atomic E-state index is 13.3. The summed E-state index contributed by atoms with van der Waals surface area (Å²) in [5.41, 5.74) is 3.81. The van der Waals surface area contributed by atoms with E-state index in [1.807, 2.05) is 28.1 Å². The van der Waals surface area contributed by atoms with Crippen molar-refractivity contribution in [2.24, 2.45) is 0 Å². The minimum atomic E-state index is -0.0115. The molecule has 166 valence electrons. The van der Waals surface area contributed by atoms with Gasteiger partial charge in [-0.1, -0.05) is 29.8 Å². The van der Waals surface area contributed by atoms with Crippen molar-refractivity contribution in [1.29, 1.82) is 0 Å². The van der Waals surface area contributed by atoms with Gasteiger partial charge in [0.1, 0.15) is 6.61 Å². The summed E-state index contributed by atoms with van der Waals surface area (Å²) in [5.74, 6) is 0.129. The Hall–Kier alpha value is -2.22. The third-order valence-electron chi connectivity index (χ3n) is 6.37. The number of hydrogen-bond donors (Lipinski definition) is 0. The highest BCUT2D eigenvalue weighted by Gasteiger charge is 2.34. The van der Waals surface area contributed by atoms with E-state index in [9.17, 15) is 9.59 Å². The number of nitrogens with zero attached hydrogens (tertiary/aromatic N) is 3. The molecular weight excluding hydrogens is 410 g/mol. The zero-order valence-corrected chi connectivity index (χ0v) is 19.4. The van der Waals surface area contributed by atoms with Crippen LogP contribution in [0.2, 0.25) is 0 Å². The summed E-state index contributed by atoms with van der Waals surface area (Å²) < 4.78 is 4.99. The van der Waals surface area contributed by atoms with Crippen molar-refractivity contribution in [3.05, 3.63) is 57.3 Å². The molecule has 0 bridgehead atoms. The maximum atomic E-state index is 13.3. The van der Waals surface area contributed by atoms with Crippen LogP contribution in [0.15, 0.2) is 35.7 Å². The number of hydrogen-bond acceptors (Lipinski definition) is 5. The monoisotopic (exact) mass is 441 g/mol. The number of benzene rings is 1. The standard InChI is InChI=1S/C24H31N3O3S/c1-17-4-6-19(7-5-17)24-20-9-13-31-21(20)8-10-26(24)15-22(28)25-11-12-27(18(2)14-25)23(29)16-30-3/h4-7,9,13,18,24H,8,10-12,14-16H2,1-3H3. The van der Waals surface area contributed by atoms with Crippen molar-refractivity contribution < 1.29 is 14.3 Å². The number of ether oxygens (including phenoxy) is 1. The van der Waals surface area contributed by atoms with E-state index in [0.29, 0.717) is 26.2 Å². The lowest BCUT2D eigenvalue weighted by Crippen LogP contribution is -2.57. The molecule has 6 nitrogen and oxygen atoms in total. The minimum Gasteiger partial charge on any atom is -0.375 e. The van der Waals surface area contributed by atoms with Crippen LogP contribution in [0.5, 0.6) is 0 Å². The first-order valence-corrected chi connectivity index (χ1v) is 11.8.